The maximum Gasteiger partial charge on any atom is 0.230 e. The predicted molar refractivity (Wildman–Crippen MR) is 75.6 cm³/mol. The molecule has 0 radical (unpaired) electrons. The minimum Gasteiger partial charge on any atom is -0.497 e. The molecule has 1 heterocycles. The molecule has 1 amide bonds. The molecule has 1 fully saturated rings. The van der Waals surface area contributed by atoms with Crippen LogP contribution in [0.3, 0.4) is 0 Å². The summed E-state index contributed by atoms with van der Waals surface area (Å²) in [5, 5.41) is 0. The Kier molecular flexibility index (Phi) is 4.39. The third-order valence-corrected chi connectivity index (χ3v) is 3.59. The first kappa shape index (κ1) is 14.5. The molecular formula is C15H20N2O3. The number of amides is 1. The Bertz CT molecular complexity index is 496. The van der Waals surface area contributed by atoms with Crippen LogP contribution in [0.15, 0.2) is 24.3 Å². The maximum atomic E-state index is 11.7. The van der Waals surface area contributed by atoms with E-state index in [2.05, 4.69) is 4.90 Å². The van der Waals surface area contributed by atoms with Gasteiger partial charge in [-0.1, -0.05) is 12.1 Å². The summed E-state index contributed by atoms with van der Waals surface area (Å²) in [6.45, 7) is 0.767. The molecular weight excluding hydrogens is 256 g/mol. The summed E-state index contributed by atoms with van der Waals surface area (Å²) in [4.78, 5) is 26.8. The van der Waals surface area contributed by atoms with Crippen molar-refractivity contribution in [3.05, 3.63) is 29.8 Å². The first-order valence-corrected chi connectivity index (χ1v) is 6.61. The van der Waals surface area contributed by atoms with Crippen LogP contribution in [0.4, 0.5) is 0 Å². The molecule has 0 saturated carbocycles. The highest BCUT2D eigenvalue weighted by molar-refractivity contribution is 6.05. The number of rotatable bonds is 5. The molecule has 108 valence electrons. The zero-order valence-electron chi connectivity index (χ0n) is 12.1. The van der Waals surface area contributed by atoms with Crippen LogP contribution in [0.25, 0.3) is 0 Å². The number of benzene rings is 1. The van der Waals surface area contributed by atoms with Crippen LogP contribution < -0.4 is 4.74 Å². The van der Waals surface area contributed by atoms with Crippen LogP contribution in [0, 0.1) is 0 Å². The molecule has 0 spiro atoms. The number of carbonyl (C=O) groups is 2. The van der Waals surface area contributed by atoms with Crippen molar-refractivity contribution in [2.24, 2.45) is 0 Å². The highest BCUT2D eigenvalue weighted by atomic mass is 16.5. The minimum atomic E-state index is -0.0737. The third-order valence-electron chi connectivity index (χ3n) is 3.59. The number of nitrogens with zero attached hydrogens (tertiary/aromatic N) is 2. The van der Waals surface area contributed by atoms with E-state index < -0.39 is 0 Å². The summed E-state index contributed by atoms with van der Waals surface area (Å²) in [6.07, 6.45) is 0.0444. The average Bonchev–Trinajstić information content (AvgIpc) is 2.74. The van der Waals surface area contributed by atoms with E-state index in [4.69, 9.17) is 4.74 Å². The number of likely N-dealkylation sites (tertiary alicyclic amines) is 1. The van der Waals surface area contributed by atoms with E-state index in [1.165, 1.54) is 0 Å². The van der Waals surface area contributed by atoms with Crippen LogP contribution in [-0.2, 0) is 9.59 Å². The lowest BCUT2D eigenvalue weighted by atomic mass is 10.1. The van der Waals surface area contributed by atoms with Crippen LogP contribution in [0.1, 0.15) is 18.0 Å². The van der Waals surface area contributed by atoms with Gasteiger partial charge in [-0.3, -0.25) is 9.59 Å². The van der Waals surface area contributed by atoms with Crippen molar-refractivity contribution < 1.29 is 14.3 Å². The molecule has 0 N–H and O–H groups in total. The molecule has 1 unspecified atom stereocenters. The number of carbonyl (C=O) groups excluding carboxylic acids is 2. The zero-order chi connectivity index (χ0) is 14.7. The van der Waals surface area contributed by atoms with Gasteiger partial charge in [0, 0.05) is 6.54 Å². The highest BCUT2D eigenvalue weighted by Crippen LogP contribution is 2.23. The van der Waals surface area contributed by atoms with E-state index in [9.17, 15) is 9.59 Å². The molecule has 1 aromatic rings. The Morgan fingerprint density at radius 1 is 1.25 bits per heavy atom. The van der Waals surface area contributed by atoms with E-state index >= 15 is 0 Å². The average molecular weight is 276 g/mol. The number of likely N-dealkylation sites (N-methyl/N-ethyl adjacent to an activating group) is 1. The molecule has 1 aromatic carbocycles. The van der Waals surface area contributed by atoms with E-state index in [1.807, 2.05) is 38.4 Å². The molecule has 1 atom stereocenters. The molecule has 5 heteroatoms. The fourth-order valence-electron chi connectivity index (χ4n) is 2.41. The van der Waals surface area contributed by atoms with Gasteiger partial charge in [0.2, 0.25) is 5.91 Å². The highest BCUT2D eigenvalue weighted by Gasteiger charge is 2.30. The molecule has 0 aliphatic carbocycles. The van der Waals surface area contributed by atoms with Gasteiger partial charge < -0.3 is 14.5 Å². The van der Waals surface area contributed by atoms with Gasteiger partial charge in [-0.05, 0) is 31.8 Å². The molecule has 1 saturated heterocycles. The number of Topliss-reactive ketones (excluding diaryl/α,β-unsaturated/α-hetero) is 1. The van der Waals surface area contributed by atoms with Gasteiger partial charge in [-0.2, -0.15) is 0 Å². The topological polar surface area (TPSA) is 49.9 Å². The van der Waals surface area contributed by atoms with Crippen LogP contribution >= 0.6 is 0 Å². The Morgan fingerprint density at radius 3 is 2.35 bits per heavy atom. The zero-order valence-corrected chi connectivity index (χ0v) is 12.1. The fraction of sp³-hybridized carbons (Fsp3) is 0.467. The smallest absolute Gasteiger partial charge is 0.230 e. The van der Waals surface area contributed by atoms with Crippen molar-refractivity contribution in [3.63, 3.8) is 0 Å². The summed E-state index contributed by atoms with van der Waals surface area (Å²) in [5.41, 5.74) is 1.10. The lowest BCUT2D eigenvalue weighted by Gasteiger charge is -2.29. The van der Waals surface area contributed by atoms with E-state index in [0.717, 1.165) is 11.3 Å². The van der Waals surface area contributed by atoms with Crippen molar-refractivity contribution >= 4 is 11.7 Å². The van der Waals surface area contributed by atoms with Gasteiger partial charge in [0.15, 0.2) is 5.78 Å². The van der Waals surface area contributed by atoms with Gasteiger partial charge in [0.25, 0.3) is 0 Å². The second kappa shape index (κ2) is 6.05. The summed E-state index contributed by atoms with van der Waals surface area (Å²) in [7, 11) is 5.57. The maximum absolute atomic E-state index is 11.7. The normalized spacial score (nSPS) is 16.9. The van der Waals surface area contributed by atoms with Crippen molar-refractivity contribution in [3.8, 4) is 5.75 Å². The first-order chi connectivity index (χ1) is 9.51. The van der Waals surface area contributed by atoms with Crippen molar-refractivity contribution in [2.45, 2.75) is 12.5 Å². The molecule has 0 aromatic heterocycles. The summed E-state index contributed by atoms with van der Waals surface area (Å²) in [6, 6.07) is 7.86. The van der Waals surface area contributed by atoms with Crippen molar-refractivity contribution in [1.29, 1.82) is 0 Å². The Morgan fingerprint density at radius 2 is 1.90 bits per heavy atom. The monoisotopic (exact) mass is 276 g/mol. The largest absolute Gasteiger partial charge is 0.497 e. The SMILES string of the molecule is COc1ccc(C(CN2CC(=O)CC2=O)N(C)C)cc1. The third kappa shape index (κ3) is 3.17. The van der Waals surface area contributed by atoms with Gasteiger partial charge in [-0.25, -0.2) is 0 Å². The van der Waals surface area contributed by atoms with Crippen LogP contribution in [-0.4, -0.2) is 55.8 Å². The van der Waals surface area contributed by atoms with E-state index in [0.29, 0.717) is 6.54 Å². The van der Waals surface area contributed by atoms with Crippen molar-refractivity contribution in [2.75, 3.05) is 34.3 Å². The standard InChI is InChI=1S/C15H20N2O3/c1-16(2)14(10-17-9-12(18)8-15(17)19)11-4-6-13(20-3)7-5-11/h4-7,14H,8-10H2,1-3H3. The van der Waals surface area contributed by atoms with E-state index in [-0.39, 0.29) is 30.7 Å². The molecule has 1 aliphatic rings. The summed E-state index contributed by atoms with van der Waals surface area (Å²) >= 11 is 0. The minimum absolute atomic E-state index is 0.00207. The number of hydrogen-bond donors (Lipinski definition) is 0. The fourth-order valence-corrected chi connectivity index (χ4v) is 2.41. The van der Waals surface area contributed by atoms with Crippen molar-refractivity contribution in [1.82, 2.24) is 9.80 Å². The summed E-state index contributed by atoms with van der Waals surface area (Å²) < 4.78 is 5.15. The molecule has 2 rings (SSSR count). The lowest BCUT2D eigenvalue weighted by molar-refractivity contribution is -0.128. The molecule has 5 nitrogen and oxygen atoms in total. The number of ketones is 1. The van der Waals surface area contributed by atoms with Gasteiger partial charge in [0.1, 0.15) is 5.75 Å². The second-order valence-corrected chi connectivity index (χ2v) is 5.24. The Balaban J connectivity index is 2.14. The predicted octanol–water partition coefficient (Wildman–Crippen LogP) is 1.10. The number of ether oxygens (including phenoxy) is 1. The van der Waals surface area contributed by atoms with Gasteiger partial charge in [0.05, 0.1) is 26.1 Å². The van der Waals surface area contributed by atoms with Crippen LogP contribution in [0.5, 0.6) is 5.75 Å². The molecule has 20 heavy (non-hydrogen) atoms. The lowest BCUT2D eigenvalue weighted by Crippen LogP contribution is -2.35. The first-order valence-electron chi connectivity index (χ1n) is 6.61. The molecule has 1 aliphatic heterocycles. The number of methoxy groups -OCH3 is 1. The number of hydrogen-bond acceptors (Lipinski definition) is 4. The van der Waals surface area contributed by atoms with Crippen LogP contribution in [0.2, 0.25) is 0 Å². The summed E-state index contributed by atoms with van der Waals surface area (Å²) in [5.74, 6) is 0.733. The Labute approximate surface area is 119 Å². The van der Waals surface area contributed by atoms with Gasteiger partial charge in [-0.15, -0.1) is 0 Å². The van der Waals surface area contributed by atoms with E-state index in [1.54, 1.807) is 12.0 Å². The second-order valence-electron chi connectivity index (χ2n) is 5.24. The quantitative estimate of drug-likeness (QED) is 0.756. The molecule has 0 bridgehead atoms. The van der Waals surface area contributed by atoms with Gasteiger partial charge >= 0.3 is 0 Å². The Hall–Kier alpha value is -1.88.